The van der Waals surface area contributed by atoms with Crippen molar-refractivity contribution < 1.29 is 13.2 Å². The summed E-state index contributed by atoms with van der Waals surface area (Å²) in [5.41, 5.74) is 8.53. The predicted molar refractivity (Wildman–Crippen MR) is 43.0 cm³/mol. The molecule has 0 N–H and O–H groups in total. The van der Waals surface area contributed by atoms with Gasteiger partial charge in [0.2, 0.25) is 9.84 Å². The van der Waals surface area contributed by atoms with Gasteiger partial charge in [-0.3, -0.25) is 0 Å². The Morgan fingerprint density at radius 3 is 2.55 bits per heavy atom. The van der Waals surface area contributed by atoms with Gasteiger partial charge in [0.05, 0.1) is 5.75 Å². The van der Waals surface area contributed by atoms with Crippen molar-refractivity contribution in [2.75, 3.05) is 5.75 Å². The molecule has 11 heavy (non-hydrogen) atoms. The highest BCUT2D eigenvalue weighted by Gasteiger charge is 2.10. The quantitative estimate of drug-likeness (QED) is 0.205. The lowest BCUT2D eigenvalue weighted by atomic mass is 10.3. The molecule has 0 fully saturated rings. The molecule has 0 saturated heterocycles. The van der Waals surface area contributed by atoms with E-state index >= 15 is 0 Å². The highest BCUT2D eigenvalue weighted by atomic mass is 32.2. The van der Waals surface area contributed by atoms with Crippen molar-refractivity contribution in [3.8, 4) is 0 Å². The van der Waals surface area contributed by atoms with Crippen LogP contribution in [-0.2, 0) is 9.84 Å². The third-order valence-corrected chi connectivity index (χ3v) is 2.51. The molecule has 0 unspecified atom stereocenters. The Balaban J connectivity index is 3.84. The van der Waals surface area contributed by atoms with E-state index in [1.807, 2.05) is 6.92 Å². The summed E-state index contributed by atoms with van der Waals surface area (Å²) in [5, 5.41) is 0. The molecule has 0 aliphatic heterocycles. The van der Waals surface area contributed by atoms with Crippen molar-refractivity contribution in [2.45, 2.75) is 26.2 Å². The first-order valence-corrected chi connectivity index (χ1v) is 5.24. The fourth-order valence-electron chi connectivity index (χ4n) is 0.678. The summed E-state index contributed by atoms with van der Waals surface area (Å²) in [4.78, 5) is 2.47. The topological polar surface area (TPSA) is 70.5 Å². The van der Waals surface area contributed by atoms with Gasteiger partial charge in [0.15, 0.2) is 0 Å². The van der Waals surface area contributed by atoms with E-state index in [0.29, 0.717) is 12.0 Å². The standard InChI is InChI=1S/C6H12N2O2S/c1-2-3-4-5-11(9,10)6-8-7/h6H,2-5H2,1H3. The molecule has 4 nitrogen and oxygen atoms in total. The van der Waals surface area contributed by atoms with Crippen LogP contribution in [0.25, 0.3) is 5.53 Å². The zero-order valence-electron chi connectivity index (χ0n) is 6.52. The Bertz CT molecular complexity index is 239. The number of hydrogen-bond donors (Lipinski definition) is 0. The first-order chi connectivity index (χ1) is 5.12. The average Bonchev–Trinajstić information content (AvgIpc) is 1.87. The largest absolute Gasteiger partial charge is 0.370 e. The van der Waals surface area contributed by atoms with Crippen molar-refractivity contribution in [3.63, 3.8) is 0 Å². The van der Waals surface area contributed by atoms with Gasteiger partial charge in [-0.2, -0.15) is 4.79 Å². The lowest BCUT2D eigenvalue weighted by Crippen LogP contribution is -2.07. The number of hydrogen-bond acceptors (Lipinski definition) is 2. The molecular formula is C6H12N2O2S. The van der Waals surface area contributed by atoms with Crippen LogP contribution in [0.15, 0.2) is 0 Å². The minimum absolute atomic E-state index is 0.0743. The molecule has 64 valence electrons. The molecule has 0 heterocycles. The number of sulfone groups is 1. The zero-order chi connectivity index (χ0) is 8.74. The summed E-state index contributed by atoms with van der Waals surface area (Å²) in [5.74, 6) is 0.0743. The maximum atomic E-state index is 10.8. The number of unbranched alkanes of at least 4 members (excludes halogenated alkanes) is 2. The fourth-order valence-corrected chi connectivity index (χ4v) is 1.53. The van der Waals surface area contributed by atoms with Crippen LogP contribution in [0.2, 0.25) is 0 Å². The van der Waals surface area contributed by atoms with Crippen LogP contribution in [-0.4, -0.2) is 24.5 Å². The van der Waals surface area contributed by atoms with Gasteiger partial charge < -0.3 is 5.53 Å². The third kappa shape index (κ3) is 5.76. The van der Waals surface area contributed by atoms with Crippen molar-refractivity contribution in [1.82, 2.24) is 0 Å². The first-order valence-electron chi connectivity index (χ1n) is 3.52. The first kappa shape index (κ1) is 10.3. The minimum Gasteiger partial charge on any atom is -0.361 e. The molecule has 0 saturated carbocycles. The van der Waals surface area contributed by atoms with Crippen LogP contribution in [0.4, 0.5) is 0 Å². The molecule has 0 spiro atoms. The van der Waals surface area contributed by atoms with Crippen molar-refractivity contribution >= 4 is 15.4 Å². The van der Waals surface area contributed by atoms with Crippen LogP contribution in [0.3, 0.4) is 0 Å². The van der Waals surface area contributed by atoms with Gasteiger partial charge >= 0.3 is 5.55 Å². The normalized spacial score (nSPS) is 10.6. The van der Waals surface area contributed by atoms with Crippen molar-refractivity contribution in [3.05, 3.63) is 5.53 Å². The predicted octanol–water partition coefficient (Wildman–Crippen LogP) is 0.850. The van der Waals surface area contributed by atoms with E-state index in [9.17, 15) is 8.42 Å². The van der Waals surface area contributed by atoms with E-state index < -0.39 is 9.84 Å². The molecule has 0 aromatic heterocycles. The lowest BCUT2D eigenvalue weighted by Gasteiger charge is -1.91. The van der Waals surface area contributed by atoms with E-state index in [4.69, 9.17) is 5.53 Å². The molecule has 0 rings (SSSR count). The molecule has 0 aromatic carbocycles. The molecule has 0 aliphatic carbocycles. The fraction of sp³-hybridized carbons (Fsp3) is 0.833. The Kier molecular flexibility index (Phi) is 4.74. The molecular weight excluding hydrogens is 164 g/mol. The zero-order valence-corrected chi connectivity index (χ0v) is 7.34. The highest BCUT2D eigenvalue weighted by molar-refractivity contribution is 8.04. The van der Waals surface area contributed by atoms with Crippen LogP contribution in [0, 0.1) is 0 Å². The highest BCUT2D eigenvalue weighted by Crippen LogP contribution is 1.97. The summed E-state index contributed by atoms with van der Waals surface area (Å²) >= 11 is 0. The van der Waals surface area contributed by atoms with Crippen LogP contribution >= 0.6 is 0 Å². The smallest absolute Gasteiger partial charge is 0.361 e. The lowest BCUT2D eigenvalue weighted by molar-refractivity contribution is 0.00754. The Morgan fingerprint density at radius 2 is 2.09 bits per heavy atom. The second-order valence-corrected chi connectivity index (χ2v) is 4.24. The molecule has 5 heteroatoms. The number of nitrogens with zero attached hydrogens (tertiary/aromatic N) is 2. The molecule has 0 amide bonds. The van der Waals surface area contributed by atoms with E-state index in [2.05, 4.69) is 4.79 Å². The second-order valence-electron chi connectivity index (χ2n) is 2.29. The molecule has 0 bridgehead atoms. The summed E-state index contributed by atoms with van der Waals surface area (Å²) in [6.45, 7) is 1.99. The van der Waals surface area contributed by atoms with Gasteiger partial charge in [-0.05, 0) is 6.42 Å². The van der Waals surface area contributed by atoms with Gasteiger partial charge in [0, 0.05) is 0 Å². The van der Waals surface area contributed by atoms with Gasteiger partial charge in [0.1, 0.15) is 0 Å². The van der Waals surface area contributed by atoms with Gasteiger partial charge in [-0.15, -0.1) is 0 Å². The maximum Gasteiger partial charge on any atom is 0.370 e. The third-order valence-electron chi connectivity index (χ3n) is 1.24. The van der Waals surface area contributed by atoms with Gasteiger partial charge in [0.25, 0.3) is 0 Å². The van der Waals surface area contributed by atoms with Crippen LogP contribution in [0.1, 0.15) is 26.2 Å². The van der Waals surface area contributed by atoms with Gasteiger partial charge in [-0.1, -0.05) is 19.8 Å². The monoisotopic (exact) mass is 176 g/mol. The van der Waals surface area contributed by atoms with E-state index in [0.717, 1.165) is 12.8 Å². The Morgan fingerprint density at radius 1 is 1.45 bits per heavy atom. The van der Waals surface area contributed by atoms with E-state index in [1.54, 1.807) is 0 Å². The van der Waals surface area contributed by atoms with E-state index in [-0.39, 0.29) is 5.75 Å². The summed E-state index contributed by atoms with van der Waals surface area (Å²) in [6, 6.07) is 0. The van der Waals surface area contributed by atoms with Crippen molar-refractivity contribution in [2.24, 2.45) is 0 Å². The maximum absolute atomic E-state index is 10.8. The Hall–Kier alpha value is -0.670. The summed E-state index contributed by atoms with van der Waals surface area (Å²) < 4.78 is 21.6. The summed E-state index contributed by atoms with van der Waals surface area (Å²) in [7, 11) is -3.25. The van der Waals surface area contributed by atoms with Gasteiger partial charge in [-0.25, -0.2) is 8.42 Å². The van der Waals surface area contributed by atoms with E-state index in [1.165, 1.54) is 0 Å². The SMILES string of the molecule is CCCCCS(=O)(=O)C=[N+]=[N-]. The average molecular weight is 176 g/mol. The van der Waals surface area contributed by atoms with Crippen LogP contribution < -0.4 is 0 Å². The molecule has 0 atom stereocenters. The summed E-state index contributed by atoms with van der Waals surface area (Å²) in [6.07, 6.45) is 2.50. The molecule has 0 aliphatic rings. The van der Waals surface area contributed by atoms with Crippen LogP contribution in [0.5, 0.6) is 0 Å². The molecule has 0 aromatic rings. The van der Waals surface area contributed by atoms with Crippen molar-refractivity contribution in [1.29, 1.82) is 0 Å². The Labute approximate surface area is 66.8 Å². The number of rotatable bonds is 5. The molecule has 0 radical (unpaired) electrons. The second kappa shape index (κ2) is 5.04. The minimum atomic E-state index is -3.25.